The summed E-state index contributed by atoms with van der Waals surface area (Å²) in [4.78, 5) is 2.74. The van der Waals surface area contributed by atoms with Gasteiger partial charge in [0.15, 0.2) is 0 Å². The highest BCUT2D eigenvalue weighted by atomic mass is 32.1. The molecule has 1 aromatic rings. The van der Waals surface area contributed by atoms with E-state index in [4.69, 9.17) is 12.2 Å². The van der Waals surface area contributed by atoms with Gasteiger partial charge in [-0.2, -0.15) is 5.10 Å². The zero-order chi connectivity index (χ0) is 9.10. The second-order valence-electron chi connectivity index (χ2n) is 2.74. The van der Waals surface area contributed by atoms with Gasteiger partial charge in [-0.05, 0) is 12.1 Å². The zero-order valence-electron chi connectivity index (χ0n) is 6.97. The number of hydrogen-bond acceptors (Lipinski definition) is 3. The Bertz CT molecular complexity index is 334. The first-order valence-corrected chi connectivity index (χ1v) is 4.41. The minimum absolute atomic E-state index is 0.697. The van der Waals surface area contributed by atoms with E-state index >= 15 is 0 Å². The van der Waals surface area contributed by atoms with Gasteiger partial charge >= 0.3 is 0 Å². The van der Waals surface area contributed by atoms with Crippen LogP contribution in [0.3, 0.4) is 0 Å². The molecule has 1 N–H and O–H groups in total. The summed E-state index contributed by atoms with van der Waals surface area (Å²) >= 11 is 5.02. The number of nitrogens with zero attached hydrogens (tertiary/aromatic N) is 2. The molecule has 1 aromatic carbocycles. The normalized spacial score (nSPS) is 15.7. The average molecular weight is 191 g/mol. The highest BCUT2D eigenvalue weighted by Crippen LogP contribution is 2.11. The number of hydrazone groups is 1. The van der Waals surface area contributed by atoms with Gasteiger partial charge in [0.25, 0.3) is 0 Å². The Morgan fingerprint density at radius 2 is 2.08 bits per heavy atom. The third-order valence-electron chi connectivity index (χ3n) is 1.79. The lowest BCUT2D eigenvalue weighted by Gasteiger charge is -2.23. The smallest absolute Gasteiger partial charge is 0.116 e. The minimum Gasteiger partial charge on any atom is -0.324 e. The quantitative estimate of drug-likeness (QED) is 0.679. The van der Waals surface area contributed by atoms with Gasteiger partial charge in [0.2, 0.25) is 0 Å². The van der Waals surface area contributed by atoms with Crippen molar-refractivity contribution in [2.75, 3.05) is 11.4 Å². The van der Waals surface area contributed by atoms with Crippen LogP contribution in [0.1, 0.15) is 0 Å². The van der Waals surface area contributed by atoms with Crippen molar-refractivity contribution in [3.63, 3.8) is 0 Å². The maximum atomic E-state index is 5.02. The number of anilines is 1. The molecular formula is C9H9N3S. The molecule has 0 unspecified atom stereocenters. The number of hydrogen-bond donors (Lipinski definition) is 1. The number of para-hydroxylation sites is 1. The molecule has 0 fully saturated rings. The molecule has 0 spiro atoms. The van der Waals surface area contributed by atoms with E-state index in [1.165, 1.54) is 0 Å². The van der Waals surface area contributed by atoms with Gasteiger partial charge < -0.3 is 4.90 Å². The second-order valence-corrected chi connectivity index (χ2v) is 3.24. The highest BCUT2D eigenvalue weighted by Gasteiger charge is 2.09. The molecule has 0 aliphatic carbocycles. The van der Waals surface area contributed by atoms with E-state index in [0.717, 1.165) is 10.7 Å². The minimum atomic E-state index is 0.697. The molecule has 0 saturated heterocycles. The monoisotopic (exact) mass is 191 g/mol. The topological polar surface area (TPSA) is 27.6 Å². The molecule has 66 valence electrons. The summed E-state index contributed by atoms with van der Waals surface area (Å²) in [6.45, 7) is 0.697. The Balaban J connectivity index is 2.22. The standard InChI is InChI=1S/C9H9N3S/c13-9-6-12(7-10-11-9)8-4-2-1-3-5-8/h1-5,7H,6H2,(H,11,13). The average Bonchev–Trinajstić information content (AvgIpc) is 2.19. The molecule has 0 amide bonds. The molecule has 3 nitrogen and oxygen atoms in total. The zero-order valence-corrected chi connectivity index (χ0v) is 7.79. The summed E-state index contributed by atoms with van der Waals surface area (Å²) in [5.41, 5.74) is 3.85. The van der Waals surface area contributed by atoms with Crippen molar-refractivity contribution >= 4 is 29.2 Å². The third-order valence-corrected chi connectivity index (χ3v) is 2.01. The molecule has 1 heterocycles. The Labute approximate surface area is 82.1 Å². The SMILES string of the molecule is S=C1CN(c2ccccc2)C=NN1. The lowest BCUT2D eigenvalue weighted by molar-refractivity contribution is 0.966. The molecule has 0 atom stereocenters. The summed E-state index contributed by atoms with van der Waals surface area (Å²) in [7, 11) is 0. The van der Waals surface area contributed by atoms with Gasteiger partial charge in [0.1, 0.15) is 11.3 Å². The number of rotatable bonds is 1. The van der Waals surface area contributed by atoms with E-state index in [1.807, 2.05) is 35.2 Å². The van der Waals surface area contributed by atoms with Gasteiger partial charge in [0.05, 0.1) is 6.54 Å². The molecule has 13 heavy (non-hydrogen) atoms. The van der Waals surface area contributed by atoms with Gasteiger partial charge in [0, 0.05) is 5.69 Å². The van der Waals surface area contributed by atoms with Crippen molar-refractivity contribution in [3.8, 4) is 0 Å². The van der Waals surface area contributed by atoms with Crippen molar-refractivity contribution < 1.29 is 0 Å². The van der Waals surface area contributed by atoms with Crippen LogP contribution in [0.15, 0.2) is 35.4 Å². The molecule has 0 bridgehead atoms. The Kier molecular flexibility index (Phi) is 2.23. The van der Waals surface area contributed by atoms with E-state index in [2.05, 4.69) is 10.5 Å². The van der Waals surface area contributed by atoms with Crippen LogP contribution >= 0.6 is 12.2 Å². The molecule has 1 aliphatic heterocycles. The maximum Gasteiger partial charge on any atom is 0.116 e. The Morgan fingerprint density at radius 1 is 1.31 bits per heavy atom. The first-order chi connectivity index (χ1) is 6.36. The van der Waals surface area contributed by atoms with Crippen molar-refractivity contribution in [3.05, 3.63) is 30.3 Å². The van der Waals surface area contributed by atoms with E-state index < -0.39 is 0 Å². The molecular weight excluding hydrogens is 182 g/mol. The summed E-state index contributed by atoms with van der Waals surface area (Å²) < 4.78 is 0. The van der Waals surface area contributed by atoms with E-state index in [0.29, 0.717) is 6.54 Å². The summed E-state index contributed by atoms with van der Waals surface area (Å²) in [5.74, 6) is 0. The van der Waals surface area contributed by atoms with Crippen molar-refractivity contribution in [1.82, 2.24) is 5.43 Å². The highest BCUT2D eigenvalue weighted by molar-refractivity contribution is 7.80. The van der Waals surface area contributed by atoms with E-state index in [1.54, 1.807) is 6.34 Å². The fraction of sp³-hybridized carbons (Fsp3) is 0.111. The van der Waals surface area contributed by atoms with E-state index in [-0.39, 0.29) is 0 Å². The Morgan fingerprint density at radius 3 is 2.77 bits per heavy atom. The van der Waals surface area contributed by atoms with Crippen LogP contribution in [0.25, 0.3) is 0 Å². The van der Waals surface area contributed by atoms with Crippen LogP contribution in [0.2, 0.25) is 0 Å². The third kappa shape index (κ3) is 1.84. The molecule has 0 aromatic heterocycles. The number of benzene rings is 1. The fourth-order valence-corrected chi connectivity index (χ4v) is 1.37. The summed E-state index contributed by atoms with van der Waals surface area (Å²) in [5, 5.41) is 3.93. The fourth-order valence-electron chi connectivity index (χ4n) is 1.18. The lowest BCUT2D eigenvalue weighted by Crippen LogP contribution is -2.38. The van der Waals surface area contributed by atoms with Crippen LogP contribution in [-0.4, -0.2) is 17.9 Å². The van der Waals surface area contributed by atoms with Gasteiger partial charge in [-0.3, -0.25) is 5.43 Å². The van der Waals surface area contributed by atoms with Crippen molar-refractivity contribution in [2.45, 2.75) is 0 Å². The molecule has 0 saturated carbocycles. The Hall–Kier alpha value is -1.42. The van der Waals surface area contributed by atoms with Gasteiger partial charge in [-0.15, -0.1) is 0 Å². The van der Waals surface area contributed by atoms with Crippen LogP contribution in [0.5, 0.6) is 0 Å². The predicted octanol–water partition coefficient (Wildman–Crippen LogP) is 1.37. The first-order valence-electron chi connectivity index (χ1n) is 4.00. The second kappa shape index (κ2) is 3.53. The van der Waals surface area contributed by atoms with Crippen molar-refractivity contribution in [1.29, 1.82) is 0 Å². The number of thiocarbonyl (C=S) groups is 1. The van der Waals surface area contributed by atoms with Gasteiger partial charge in [-0.25, -0.2) is 0 Å². The van der Waals surface area contributed by atoms with Crippen LogP contribution in [0.4, 0.5) is 5.69 Å². The molecule has 0 radical (unpaired) electrons. The largest absolute Gasteiger partial charge is 0.324 e. The molecule has 4 heteroatoms. The van der Waals surface area contributed by atoms with Crippen LogP contribution in [-0.2, 0) is 0 Å². The predicted molar refractivity (Wildman–Crippen MR) is 58.0 cm³/mol. The van der Waals surface area contributed by atoms with E-state index in [9.17, 15) is 0 Å². The van der Waals surface area contributed by atoms with Crippen LogP contribution in [0, 0.1) is 0 Å². The lowest BCUT2D eigenvalue weighted by atomic mass is 10.3. The molecule has 2 rings (SSSR count). The number of nitrogens with one attached hydrogen (secondary N) is 1. The van der Waals surface area contributed by atoms with Crippen molar-refractivity contribution in [2.24, 2.45) is 5.10 Å². The summed E-state index contributed by atoms with van der Waals surface area (Å²) in [6.07, 6.45) is 1.74. The first kappa shape index (κ1) is 8.19. The van der Waals surface area contributed by atoms with Gasteiger partial charge in [-0.1, -0.05) is 30.4 Å². The summed E-state index contributed by atoms with van der Waals surface area (Å²) in [6, 6.07) is 10.0. The van der Waals surface area contributed by atoms with Crippen LogP contribution < -0.4 is 10.3 Å². The molecule has 1 aliphatic rings. The maximum absolute atomic E-state index is 5.02.